The number of hydrogen-bond acceptors (Lipinski definition) is 3. The van der Waals surface area contributed by atoms with Crippen LogP contribution in [0.4, 0.5) is 0 Å². The standard InChI is InChI=1S/C12H14BrN3O/c1-9(2)16(7-3-6-14)12(17)10-4-5-11(13)15-8-10/h4-5,8-9H,3,7H2,1-2H3. The summed E-state index contributed by atoms with van der Waals surface area (Å²) in [6, 6.07) is 5.58. The molecule has 0 radical (unpaired) electrons. The molecule has 17 heavy (non-hydrogen) atoms. The number of hydrogen-bond donors (Lipinski definition) is 0. The first-order chi connectivity index (χ1) is 8.06. The Labute approximate surface area is 109 Å². The van der Waals surface area contributed by atoms with E-state index in [0.29, 0.717) is 23.1 Å². The Bertz CT molecular complexity index is 422. The fourth-order valence-corrected chi connectivity index (χ4v) is 1.67. The zero-order chi connectivity index (χ0) is 12.8. The first-order valence-corrected chi connectivity index (χ1v) is 6.15. The number of nitrogens with zero attached hydrogens (tertiary/aromatic N) is 3. The van der Waals surface area contributed by atoms with Crippen LogP contribution in [0, 0.1) is 11.3 Å². The summed E-state index contributed by atoms with van der Waals surface area (Å²) in [5.41, 5.74) is 0.542. The first kappa shape index (κ1) is 13.7. The van der Waals surface area contributed by atoms with Gasteiger partial charge in [0.05, 0.1) is 18.1 Å². The minimum atomic E-state index is -0.0877. The van der Waals surface area contributed by atoms with Crippen molar-refractivity contribution in [2.45, 2.75) is 26.3 Å². The van der Waals surface area contributed by atoms with Gasteiger partial charge in [0.2, 0.25) is 0 Å². The summed E-state index contributed by atoms with van der Waals surface area (Å²) in [6.45, 7) is 4.31. The Morgan fingerprint density at radius 1 is 1.59 bits per heavy atom. The molecule has 1 heterocycles. The predicted molar refractivity (Wildman–Crippen MR) is 68.3 cm³/mol. The number of rotatable bonds is 4. The molecule has 1 aromatic heterocycles. The molecule has 5 heteroatoms. The van der Waals surface area contributed by atoms with Crippen LogP contribution in [0.5, 0.6) is 0 Å². The highest BCUT2D eigenvalue weighted by molar-refractivity contribution is 9.10. The number of nitriles is 1. The summed E-state index contributed by atoms with van der Waals surface area (Å²) >= 11 is 3.22. The Morgan fingerprint density at radius 2 is 2.29 bits per heavy atom. The summed E-state index contributed by atoms with van der Waals surface area (Å²) < 4.78 is 0.696. The van der Waals surface area contributed by atoms with E-state index in [0.717, 1.165) is 0 Å². The van der Waals surface area contributed by atoms with Gasteiger partial charge in [0.25, 0.3) is 5.91 Å². The largest absolute Gasteiger partial charge is 0.335 e. The first-order valence-electron chi connectivity index (χ1n) is 5.35. The van der Waals surface area contributed by atoms with Gasteiger partial charge in [-0.3, -0.25) is 4.79 Å². The molecule has 1 aromatic rings. The van der Waals surface area contributed by atoms with Gasteiger partial charge in [0.1, 0.15) is 4.60 Å². The van der Waals surface area contributed by atoms with Crippen LogP contribution < -0.4 is 0 Å². The molecule has 0 N–H and O–H groups in total. The van der Waals surface area contributed by atoms with Crippen LogP contribution in [0.25, 0.3) is 0 Å². The lowest BCUT2D eigenvalue weighted by molar-refractivity contribution is 0.0710. The SMILES string of the molecule is CC(C)N(CCC#N)C(=O)c1ccc(Br)nc1. The van der Waals surface area contributed by atoms with E-state index in [1.165, 1.54) is 6.20 Å². The zero-order valence-corrected chi connectivity index (χ0v) is 11.4. The van der Waals surface area contributed by atoms with E-state index in [1.807, 2.05) is 13.8 Å². The molecule has 0 fully saturated rings. The van der Waals surface area contributed by atoms with Crippen LogP contribution in [0.3, 0.4) is 0 Å². The van der Waals surface area contributed by atoms with Crippen molar-refractivity contribution < 1.29 is 4.79 Å². The summed E-state index contributed by atoms with van der Waals surface area (Å²) in [6.07, 6.45) is 1.88. The van der Waals surface area contributed by atoms with Crippen LogP contribution in [-0.2, 0) is 0 Å². The number of pyridine rings is 1. The molecule has 0 aliphatic heterocycles. The molecule has 4 nitrogen and oxygen atoms in total. The van der Waals surface area contributed by atoms with Crippen LogP contribution in [0.1, 0.15) is 30.6 Å². The molecule has 1 rings (SSSR count). The van der Waals surface area contributed by atoms with Crippen molar-refractivity contribution in [3.63, 3.8) is 0 Å². The van der Waals surface area contributed by atoms with E-state index < -0.39 is 0 Å². The van der Waals surface area contributed by atoms with Gasteiger partial charge in [-0.15, -0.1) is 0 Å². The highest BCUT2D eigenvalue weighted by atomic mass is 79.9. The second-order valence-electron chi connectivity index (χ2n) is 3.87. The maximum absolute atomic E-state index is 12.2. The molecular weight excluding hydrogens is 282 g/mol. The quantitative estimate of drug-likeness (QED) is 0.802. The predicted octanol–water partition coefficient (Wildman–Crippen LogP) is 2.61. The number of carbonyl (C=O) groups excluding carboxylic acids is 1. The minimum absolute atomic E-state index is 0.0690. The van der Waals surface area contributed by atoms with Crippen molar-refractivity contribution >= 4 is 21.8 Å². The molecule has 0 saturated heterocycles. The van der Waals surface area contributed by atoms with Crippen LogP contribution in [-0.4, -0.2) is 28.4 Å². The third-order valence-electron chi connectivity index (χ3n) is 2.32. The van der Waals surface area contributed by atoms with Crippen molar-refractivity contribution in [1.82, 2.24) is 9.88 Å². The second kappa shape index (κ2) is 6.36. The van der Waals surface area contributed by atoms with E-state index in [1.54, 1.807) is 17.0 Å². The molecular formula is C12H14BrN3O. The average Bonchev–Trinajstić information content (AvgIpc) is 2.29. The highest BCUT2D eigenvalue weighted by Gasteiger charge is 2.18. The maximum Gasteiger partial charge on any atom is 0.255 e. The monoisotopic (exact) mass is 295 g/mol. The van der Waals surface area contributed by atoms with Gasteiger partial charge >= 0.3 is 0 Å². The third-order valence-corrected chi connectivity index (χ3v) is 2.79. The molecule has 0 bridgehead atoms. The molecule has 1 amide bonds. The van der Waals surface area contributed by atoms with Gasteiger partial charge in [-0.25, -0.2) is 4.98 Å². The lowest BCUT2D eigenvalue weighted by Crippen LogP contribution is -2.37. The Kier molecular flexibility index (Phi) is 5.11. The van der Waals surface area contributed by atoms with Crippen LogP contribution in [0.15, 0.2) is 22.9 Å². The summed E-state index contributed by atoms with van der Waals surface area (Å²) in [7, 11) is 0. The molecule has 0 saturated carbocycles. The highest BCUT2D eigenvalue weighted by Crippen LogP contribution is 2.11. The normalized spacial score (nSPS) is 10.1. The van der Waals surface area contributed by atoms with Crippen molar-refractivity contribution in [2.75, 3.05) is 6.54 Å². The average molecular weight is 296 g/mol. The molecule has 0 aliphatic rings. The van der Waals surface area contributed by atoms with Gasteiger partial charge in [-0.2, -0.15) is 5.26 Å². The smallest absolute Gasteiger partial charge is 0.255 e. The number of amides is 1. The van der Waals surface area contributed by atoms with Gasteiger partial charge in [-0.1, -0.05) is 0 Å². The Morgan fingerprint density at radius 3 is 2.76 bits per heavy atom. The van der Waals surface area contributed by atoms with Crippen molar-refractivity contribution in [3.8, 4) is 6.07 Å². The van der Waals surface area contributed by atoms with E-state index in [2.05, 4.69) is 27.0 Å². The summed E-state index contributed by atoms with van der Waals surface area (Å²) in [5, 5.41) is 8.58. The number of aromatic nitrogens is 1. The molecule has 0 aliphatic carbocycles. The molecule has 0 aromatic carbocycles. The summed E-state index contributed by atoms with van der Waals surface area (Å²) in [4.78, 5) is 17.9. The fourth-order valence-electron chi connectivity index (χ4n) is 1.43. The molecule has 0 atom stereocenters. The van der Waals surface area contributed by atoms with Crippen LogP contribution >= 0.6 is 15.9 Å². The second-order valence-corrected chi connectivity index (χ2v) is 4.68. The van der Waals surface area contributed by atoms with Crippen LogP contribution in [0.2, 0.25) is 0 Å². The van der Waals surface area contributed by atoms with Crippen molar-refractivity contribution in [2.24, 2.45) is 0 Å². The third kappa shape index (κ3) is 3.82. The minimum Gasteiger partial charge on any atom is -0.335 e. The Hall–Kier alpha value is -1.41. The fraction of sp³-hybridized carbons (Fsp3) is 0.417. The zero-order valence-electron chi connectivity index (χ0n) is 9.85. The lowest BCUT2D eigenvalue weighted by atomic mass is 10.2. The summed E-state index contributed by atoms with van der Waals surface area (Å²) in [5.74, 6) is -0.0877. The van der Waals surface area contributed by atoms with E-state index in [9.17, 15) is 4.79 Å². The topological polar surface area (TPSA) is 57.0 Å². The van der Waals surface area contributed by atoms with Gasteiger partial charge < -0.3 is 4.90 Å². The number of halogens is 1. The maximum atomic E-state index is 12.2. The molecule has 90 valence electrons. The molecule has 0 unspecified atom stereocenters. The van der Waals surface area contributed by atoms with Gasteiger partial charge in [0.15, 0.2) is 0 Å². The number of carbonyl (C=O) groups is 1. The van der Waals surface area contributed by atoms with E-state index in [4.69, 9.17) is 5.26 Å². The lowest BCUT2D eigenvalue weighted by Gasteiger charge is -2.25. The van der Waals surface area contributed by atoms with E-state index in [-0.39, 0.29) is 11.9 Å². The van der Waals surface area contributed by atoms with Gasteiger partial charge in [0, 0.05) is 18.8 Å². The van der Waals surface area contributed by atoms with E-state index >= 15 is 0 Å². The van der Waals surface area contributed by atoms with Gasteiger partial charge in [-0.05, 0) is 41.9 Å². The van der Waals surface area contributed by atoms with Crippen molar-refractivity contribution in [1.29, 1.82) is 5.26 Å². The molecule has 0 spiro atoms. The van der Waals surface area contributed by atoms with Crippen molar-refractivity contribution in [3.05, 3.63) is 28.5 Å². The Balaban J connectivity index is 2.84.